The molecule has 0 saturated heterocycles. The largest absolute Gasteiger partial charge is 0.354 e. The zero-order valence-electron chi connectivity index (χ0n) is 13.6. The fraction of sp³-hybridized carbons (Fsp3) is 0.353. The van der Waals surface area contributed by atoms with Gasteiger partial charge < -0.3 is 10.3 Å². The Balaban J connectivity index is 2.06. The van der Waals surface area contributed by atoms with Crippen molar-refractivity contribution in [2.75, 3.05) is 0 Å². The molecule has 0 bridgehead atoms. The first-order valence-corrected chi connectivity index (χ1v) is 8.27. The van der Waals surface area contributed by atoms with E-state index >= 15 is 0 Å². The number of amides is 1. The van der Waals surface area contributed by atoms with Gasteiger partial charge in [0, 0.05) is 23.7 Å². The Morgan fingerprint density at radius 1 is 1.30 bits per heavy atom. The highest BCUT2D eigenvalue weighted by molar-refractivity contribution is 7.12. The van der Waals surface area contributed by atoms with Crippen molar-refractivity contribution in [3.63, 3.8) is 0 Å². The number of aromatic amines is 1. The predicted molar refractivity (Wildman–Crippen MR) is 90.5 cm³/mol. The molecule has 0 saturated carbocycles. The molecule has 6 heteroatoms. The molecule has 2 aromatic rings. The van der Waals surface area contributed by atoms with Gasteiger partial charge in [0.1, 0.15) is 5.69 Å². The minimum absolute atomic E-state index is 0.0108. The van der Waals surface area contributed by atoms with Crippen molar-refractivity contribution < 1.29 is 14.4 Å². The number of aryl methyl sites for hydroxylation is 1. The average Bonchev–Trinajstić information content (AvgIpc) is 3.06. The van der Waals surface area contributed by atoms with E-state index in [9.17, 15) is 14.4 Å². The highest BCUT2D eigenvalue weighted by Gasteiger charge is 2.21. The van der Waals surface area contributed by atoms with Crippen molar-refractivity contribution >= 4 is 28.8 Å². The van der Waals surface area contributed by atoms with Crippen LogP contribution in [0.1, 0.15) is 62.0 Å². The van der Waals surface area contributed by atoms with Gasteiger partial charge in [-0.2, -0.15) is 0 Å². The maximum absolute atomic E-state index is 12.4. The van der Waals surface area contributed by atoms with Crippen molar-refractivity contribution in [2.45, 2.75) is 40.2 Å². The van der Waals surface area contributed by atoms with Crippen LogP contribution in [0.3, 0.4) is 0 Å². The number of hydrogen-bond donors (Lipinski definition) is 2. The number of aromatic nitrogens is 1. The van der Waals surface area contributed by atoms with Gasteiger partial charge >= 0.3 is 0 Å². The number of Topliss-reactive ketones (excluding diaryl/α,β-unsaturated/α-hetero) is 2. The molecule has 0 aliphatic rings. The van der Waals surface area contributed by atoms with Crippen LogP contribution in [0.4, 0.5) is 0 Å². The first-order valence-electron chi connectivity index (χ1n) is 7.39. The predicted octanol–water partition coefficient (Wildman–Crippen LogP) is 3.29. The summed E-state index contributed by atoms with van der Waals surface area (Å²) < 4.78 is 0. The van der Waals surface area contributed by atoms with Crippen molar-refractivity contribution in [2.24, 2.45) is 0 Å². The highest BCUT2D eigenvalue weighted by Crippen LogP contribution is 2.19. The molecule has 2 rings (SSSR count). The Kier molecular flexibility index (Phi) is 5.15. The van der Waals surface area contributed by atoms with Crippen LogP contribution in [0.15, 0.2) is 17.5 Å². The standard InChI is InChI=1S/C17H20N2O3S/c1-9(8-13(21)14-6-5-7-23-14)18-17(22)16-10(2)15(12(4)20)11(3)19-16/h5-7,9,19H,8H2,1-4H3,(H,18,22)/t9-/m0/s1. The molecule has 0 aliphatic heterocycles. The third kappa shape index (κ3) is 3.76. The van der Waals surface area contributed by atoms with E-state index in [1.165, 1.54) is 18.3 Å². The van der Waals surface area contributed by atoms with Gasteiger partial charge in [0.15, 0.2) is 11.6 Å². The quantitative estimate of drug-likeness (QED) is 0.797. The molecule has 122 valence electrons. The molecule has 0 radical (unpaired) electrons. The van der Waals surface area contributed by atoms with Gasteiger partial charge in [-0.1, -0.05) is 6.07 Å². The van der Waals surface area contributed by atoms with Crippen molar-refractivity contribution in [3.05, 3.63) is 44.9 Å². The summed E-state index contributed by atoms with van der Waals surface area (Å²) in [4.78, 5) is 39.7. The van der Waals surface area contributed by atoms with Crippen LogP contribution in [0.25, 0.3) is 0 Å². The zero-order chi connectivity index (χ0) is 17.1. The summed E-state index contributed by atoms with van der Waals surface area (Å²) in [5, 5.41) is 4.66. The average molecular weight is 332 g/mol. The lowest BCUT2D eigenvalue weighted by atomic mass is 10.1. The van der Waals surface area contributed by atoms with E-state index in [0.717, 1.165) is 0 Å². The van der Waals surface area contributed by atoms with Gasteiger partial charge in [-0.25, -0.2) is 0 Å². The minimum atomic E-state index is -0.301. The van der Waals surface area contributed by atoms with Gasteiger partial charge in [0.25, 0.3) is 5.91 Å². The second-order valence-electron chi connectivity index (χ2n) is 5.66. The normalized spacial score (nSPS) is 12.0. The van der Waals surface area contributed by atoms with Gasteiger partial charge in [0.05, 0.1) is 4.88 Å². The van der Waals surface area contributed by atoms with Crippen molar-refractivity contribution in [1.29, 1.82) is 0 Å². The summed E-state index contributed by atoms with van der Waals surface area (Å²) in [6.45, 7) is 6.79. The zero-order valence-corrected chi connectivity index (χ0v) is 14.5. The Hall–Kier alpha value is -2.21. The van der Waals surface area contributed by atoms with E-state index in [1.54, 1.807) is 26.8 Å². The van der Waals surface area contributed by atoms with Crippen LogP contribution in [0, 0.1) is 13.8 Å². The van der Waals surface area contributed by atoms with Gasteiger partial charge in [-0.3, -0.25) is 14.4 Å². The van der Waals surface area contributed by atoms with Crippen molar-refractivity contribution in [1.82, 2.24) is 10.3 Å². The first-order chi connectivity index (χ1) is 10.8. The van der Waals surface area contributed by atoms with Crippen LogP contribution in [-0.4, -0.2) is 28.5 Å². The molecule has 5 nitrogen and oxygen atoms in total. The summed E-state index contributed by atoms with van der Waals surface area (Å²) in [5.41, 5.74) is 2.26. The van der Waals surface area contributed by atoms with Gasteiger partial charge in [0.2, 0.25) is 0 Å². The lowest BCUT2D eigenvalue weighted by Crippen LogP contribution is -2.34. The maximum Gasteiger partial charge on any atom is 0.268 e. The van der Waals surface area contributed by atoms with Crippen LogP contribution in [-0.2, 0) is 0 Å². The maximum atomic E-state index is 12.4. The van der Waals surface area contributed by atoms with E-state index in [1.807, 2.05) is 11.4 Å². The van der Waals surface area contributed by atoms with Gasteiger partial charge in [-0.15, -0.1) is 11.3 Å². The molecule has 1 atom stereocenters. The highest BCUT2D eigenvalue weighted by atomic mass is 32.1. The molecule has 23 heavy (non-hydrogen) atoms. The number of ketones is 2. The fourth-order valence-electron chi connectivity index (χ4n) is 2.67. The lowest BCUT2D eigenvalue weighted by Gasteiger charge is -2.12. The number of hydrogen-bond acceptors (Lipinski definition) is 4. The number of carbonyl (C=O) groups excluding carboxylic acids is 3. The van der Waals surface area contributed by atoms with E-state index in [2.05, 4.69) is 10.3 Å². The van der Waals surface area contributed by atoms with Crippen LogP contribution in [0.5, 0.6) is 0 Å². The molecule has 0 aliphatic carbocycles. The molecule has 0 fully saturated rings. The molecule has 2 heterocycles. The smallest absolute Gasteiger partial charge is 0.268 e. The molecular formula is C17H20N2O3S. The fourth-order valence-corrected chi connectivity index (χ4v) is 3.34. The summed E-state index contributed by atoms with van der Waals surface area (Å²) in [6.07, 6.45) is 0.241. The van der Waals surface area contributed by atoms with E-state index < -0.39 is 0 Å². The lowest BCUT2D eigenvalue weighted by molar-refractivity contribution is 0.0915. The number of carbonyl (C=O) groups is 3. The molecule has 2 N–H and O–H groups in total. The number of nitrogens with one attached hydrogen (secondary N) is 2. The Morgan fingerprint density at radius 2 is 2.00 bits per heavy atom. The van der Waals surface area contributed by atoms with Crippen LogP contribution >= 0.6 is 11.3 Å². The summed E-state index contributed by atoms with van der Waals surface area (Å²) in [7, 11) is 0. The number of thiophene rings is 1. The Labute approximate surface area is 139 Å². The topological polar surface area (TPSA) is 79.0 Å². The minimum Gasteiger partial charge on any atom is -0.354 e. The Morgan fingerprint density at radius 3 is 2.52 bits per heavy atom. The number of H-pyrrole nitrogens is 1. The summed E-state index contributed by atoms with van der Waals surface area (Å²) in [6, 6.07) is 3.31. The molecule has 0 aromatic carbocycles. The number of rotatable bonds is 6. The van der Waals surface area contributed by atoms with E-state index in [-0.39, 0.29) is 29.9 Å². The molecule has 2 aromatic heterocycles. The van der Waals surface area contributed by atoms with E-state index in [0.29, 0.717) is 27.4 Å². The SMILES string of the molecule is CC(=O)c1c(C)[nH]c(C(=O)N[C@@H](C)CC(=O)c2cccs2)c1C. The van der Waals surface area contributed by atoms with Crippen LogP contribution < -0.4 is 5.32 Å². The van der Waals surface area contributed by atoms with E-state index in [4.69, 9.17) is 0 Å². The third-order valence-electron chi connectivity index (χ3n) is 3.68. The summed E-state index contributed by atoms with van der Waals surface area (Å²) in [5.74, 6) is -0.364. The first kappa shape index (κ1) is 17.1. The van der Waals surface area contributed by atoms with Gasteiger partial charge in [-0.05, 0) is 44.7 Å². The second kappa shape index (κ2) is 6.91. The molecule has 1 amide bonds. The van der Waals surface area contributed by atoms with Crippen LogP contribution in [0.2, 0.25) is 0 Å². The molecule has 0 unspecified atom stereocenters. The monoisotopic (exact) mass is 332 g/mol. The molecule has 0 spiro atoms. The Bertz CT molecular complexity index is 744. The molecular weight excluding hydrogens is 312 g/mol. The van der Waals surface area contributed by atoms with Crippen molar-refractivity contribution in [3.8, 4) is 0 Å². The summed E-state index contributed by atoms with van der Waals surface area (Å²) >= 11 is 1.39. The third-order valence-corrected chi connectivity index (χ3v) is 4.59. The second-order valence-corrected chi connectivity index (χ2v) is 6.61.